The Bertz CT molecular complexity index is 1200. The molecule has 1 saturated heterocycles. The first-order valence-electron chi connectivity index (χ1n) is 10.8. The molecule has 6 nitrogen and oxygen atoms in total. The Balaban J connectivity index is 1.36. The molecule has 2 fully saturated rings. The lowest BCUT2D eigenvalue weighted by molar-refractivity contribution is 0.0690. The van der Waals surface area contributed by atoms with E-state index in [4.69, 9.17) is 0 Å². The second-order valence-electron chi connectivity index (χ2n) is 8.69. The minimum absolute atomic E-state index is 0.0469. The van der Waals surface area contributed by atoms with Gasteiger partial charge in [0.1, 0.15) is 11.4 Å². The molecule has 3 aromatic rings. The van der Waals surface area contributed by atoms with E-state index in [1.807, 2.05) is 36.9 Å². The van der Waals surface area contributed by atoms with Crippen molar-refractivity contribution in [3.8, 4) is 16.2 Å². The van der Waals surface area contributed by atoms with Crippen LogP contribution in [0.4, 0.5) is 0 Å². The topological polar surface area (TPSA) is 82.5 Å². The number of aromatic nitrogens is 1. The lowest BCUT2D eigenvalue weighted by atomic mass is 10.1. The van der Waals surface area contributed by atoms with Crippen molar-refractivity contribution in [3.63, 3.8) is 0 Å². The summed E-state index contributed by atoms with van der Waals surface area (Å²) in [7, 11) is 0. The Kier molecular flexibility index (Phi) is 5.21. The molecule has 1 aromatic heterocycles. The fraction of sp³-hybridized carbons (Fsp3) is 0.320. The van der Waals surface area contributed by atoms with Crippen LogP contribution >= 0.6 is 11.3 Å². The Morgan fingerprint density at radius 3 is 2.78 bits per heavy atom. The van der Waals surface area contributed by atoms with Gasteiger partial charge in [-0.1, -0.05) is 42.0 Å². The number of nitrogens with zero attached hydrogens (tertiary/aromatic N) is 2. The quantitative estimate of drug-likeness (QED) is 0.619. The Morgan fingerprint density at radius 1 is 1.19 bits per heavy atom. The molecule has 2 aliphatic rings. The maximum absolute atomic E-state index is 13.6. The molecule has 0 spiro atoms. The van der Waals surface area contributed by atoms with Crippen molar-refractivity contribution in [3.05, 3.63) is 70.4 Å². The van der Waals surface area contributed by atoms with E-state index >= 15 is 0 Å². The van der Waals surface area contributed by atoms with Crippen LogP contribution in [0, 0.1) is 25.7 Å². The molecule has 2 amide bonds. The van der Waals surface area contributed by atoms with E-state index in [0.717, 1.165) is 27.4 Å². The van der Waals surface area contributed by atoms with E-state index in [9.17, 15) is 14.7 Å². The third-order valence-electron chi connectivity index (χ3n) is 6.40. The average Bonchev–Trinajstić information content (AvgIpc) is 3.28. The van der Waals surface area contributed by atoms with Gasteiger partial charge in [0.25, 0.3) is 11.8 Å². The maximum Gasteiger partial charge on any atom is 0.274 e. The number of nitrogens with one attached hydrogen (secondary N) is 1. The highest BCUT2D eigenvalue weighted by Crippen LogP contribution is 2.50. The highest BCUT2D eigenvalue weighted by atomic mass is 32.1. The van der Waals surface area contributed by atoms with Gasteiger partial charge in [0.2, 0.25) is 0 Å². The van der Waals surface area contributed by atoms with Gasteiger partial charge in [-0.05, 0) is 49.8 Å². The van der Waals surface area contributed by atoms with Gasteiger partial charge in [-0.15, -0.1) is 11.3 Å². The number of carbonyl (C=O) groups is 2. The summed E-state index contributed by atoms with van der Waals surface area (Å²) < 4.78 is 0. The number of amides is 2. The molecule has 1 aliphatic heterocycles. The number of phenolic OH excluding ortho intramolecular Hbond substituents is 1. The number of fused-ring (bicyclic) bond motifs is 1. The van der Waals surface area contributed by atoms with Gasteiger partial charge >= 0.3 is 0 Å². The second-order valence-corrected chi connectivity index (χ2v) is 9.89. The number of carbonyl (C=O) groups excluding carboxylic acids is 2. The first kappa shape index (κ1) is 20.7. The van der Waals surface area contributed by atoms with E-state index in [-0.39, 0.29) is 29.2 Å². The molecule has 2 N–H and O–H groups in total. The highest BCUT2D eigenvalue weighted by molar-refractivity contribution is 7.15. The van der Waals surface area contributed by atoms with Crippen molar-refractivity contribution in [1.29, 1.82) is 0 Å². The molecule has 0 bridgehead atoms. The summed E-state index contributed by atoms with van der Waals surface area (Å²) in [5, 5.41) is 13.7. The molecule has 1 aliphatic carbocycles. The number of rotatable bonds is 5. The fourth-order valence-corrected chi connectivity index (χ4v) is 5.62. The molecule has 2 heterocycles. The first-order valence-corrected chi connectivity index (χ1v) is 11.7. The van der Waals surface area contributed by atoms with Crippen molar-refractivity contribution in [1.82, 2.24) is 15.2 Å². The number of phenols is 1. The van der Waals surface area contributed by atoms with Gasteiger partial charge in [0.05, 0.1) is 21.5 Å². The molecule has 2 aromatic carbocycles. The summed E-state index contributed by atoms with van der Waals surface area (Å²) in [5.74, 6) is 0.456. The van der Waals surface area contributed by atoms with E-state index < -0.39 is 0 Å². The minimum atomic E-state index is -0.329. The van der Waals surface area contributed by atoms with Crippen molar-refractivity contribution < 1.29 is 14.7 Å². The summed E-state index contributed by atoms with van der Waals surface area (Å²) in [5.41, 5.74) is 2.89. The number of likely N-dealkylation sites (tertiary alicyclic amines) is 1. The number of para-hydroxylation sites is 1. The number of aromatic hydroxyl groups is 1. The molecule has 5 rings (SSSR count). The molecule has 3 atom stereocenters. The molecular formula is C25H25N3O3S. The lowest BCUT2D eigenvalue weighted by Gasteiger charge is -2.27. The second kappa shape index (κ2) is 8.06. The Hall–Kier alpha value is -3.19. The molecule has 32 heavy (non-hydrogen) atoms. The number of piperidine rings is 1. The zero-order chi connectivity index (χ0) is 22.4. The maximum atomic E-state index is 13.6. The van der Waals surface area contributed by atoms with Gasteiger partial charge in [0, 0.05) is 13.1 Å². The molecule has 0 radical (unpaired) electrons. The lowest BCUT2D eigenvalue weighted by Crippen LogP contribution is -2.45. The number of hydrogen-bond acceptors (Lipinski definition) is 5. The first-order chi connectivity index (χ1) is 15.4. The van der Waals surface area contributed by atoms with Crippen LogP contribution in [0.3, 0.4) is 0 Å². The monoisotopic (exact) mass is 447 g/mol. The Morgan fingerprint density at radius 2 is 2.00 bits per heavy atom. The fourth-order valence-electron chi connectivity index (χ4n) is 4.71. The zero-order valence-corrected chi connectivity index (χ0v) is 18.9. The van der Waals surface area contributed by atoms with Crippen LogP contribution in [0.5, 0.6) is 5.75 Å². The van der Waals surface area contributed by atoms with Crippen molar-refractivity contribution >= 4 is 23.2 Å². The minimum Gasteiger partial charge on any atom is -0.507 e. The van der Waals surface area contributed by atoms with Gasteiger partial charge in [-0.3, -0.25) is 9.59 Å². The van der Waals surface area contributed by atoms with Crippen LogP contribution in [0.2, 0.25) is 0 Å². The highest BCUT2D eigenvalue weighted by Gasteiger charge is 2.54. The summed E-state index contributed by atoms with van der Waals surface area (Å²) in [4.78, 5) is 33.6. The van der Waals surface area contributed by atoms with Gasteiger partial charge < -0.3 is 15.3 Å². The molecule has 164 valence electrons. The van der Waals surface area contributed by atoms with Crippen molar-refractivity contribution in [2.75, 3.05) is 13.1 Å². The van der Waals surface area contributed by atoms with E-state index in [1.165, 1.54) is 17.4 Å². The van der Waals surface area contributed by atoms with Crippen LogP contribution in [-0.2, 0) is 0 Å². The van der Waals surface area contributed by atoms with Crippen LogP contribution in [0.1, 0.15) is 37.8 Å². The van der Waals surface area contributed by atoms with Crippen molar-refractivity contribution in [2.24, 2.45) is 11.8 Å². The number of benzene rings is 2. The van der Waals surface area contributed by atoms with Gasteiger partial charge in [-0.25, -0.2) is 4.98 Å². The van der Waals surface area contributed by atoms with Crippen LogP contribution in [0.15, 0.2) is 48.5 Å². The third-order valence-corrected chi connectivity index (χ3v) is 7.42. The number of aryl methyl sites for hydroxylation is 2. The summed E-state index contributed by atoms with van der Waals surface area (Å²) in [6, 6.07) is 14.6. The van der Waals surface area contributed by atoms with Gasteiger partial charge in [0.15, 0.2) is 0 Å². The standard InChI is InChI=1S/C25H25N3O3S/c1-14-6-5-7-16(10-14)23-22(27-15(2)32-23)25(31)28-13-17-11-19(17)20(28)12-26-24(30)18-8-3-4-9-21(18)29/h3-10,17,19-20,29H,11-13H2,1-2H3,(H,26,30)/t17-,19?,20-/m1/s1. The van der Waals surface area contributed by atoms with Crippen LogP contribution in [-0.4, -0.2) is 45.9 Å². The van der Waals surface area contributed by atoms with E-state index in [2.05, 4.69) is 16.4 Å². The van der Waals surface area contributed by atoms with Crippen molar-refractivity contribution in [2.45, 2.75) is 26.3 Å². The average molecular weight is 448 g/mol. The predicted octanol–water partition coefficient (Wildman–Crippen LogP) is 4.02. The van der Waals surface area contributed by atoms with E-state index in [1.54, 1.807) is 18.2 Å². The molecule has 1 unspecified atom stereocenters. The normalized spacial score (nSPS) is 21.3. The van der Waals surface area contributed by atoms with Crippen LogP contribution in [0.25, 0.3) is 10.4 Å². The smallest absolute Gasteiger partial charge is 0.274 e. The number of thiazole rings is 1. The Labute approximate surface area is 190 Å². The van der Waals surface area contributed by atoms with Gasteiger partial charge in [-0.2, -0.15) is 0 Å². The summed E-state index contributed by atoms with van der Waals surface area (Å²) >= 11 is 1.54. The summed E-state index contributed by atoms with van der Waals surface area (Å²) in [6.07, 6.45) is 1.09. The molecule has 1 saturated carbocycles. The third kappa shape index (κ3) is 3.77. The SMILES string of the molecule is Cc1cccc(-c2sc(C)nc2C(=O)N2C[C@H]3CC3[C@H]2CNC(=O)c2ccccc2O)c1. The molecule has 7 heteroatoms. The molecular weight excluding hydrogens is 422 g/mol. The number of hydrogen-bond donors (Lipinski definition) is 2. The van der Waals surface area contributed by atoms with Crippen LogP contribution < -0.4 is 5.32 Å². The predicted molar refractivity (Wildman–Crippen MR) is 124 cm³/mol. The zero-order valence-electron chi connectivity index (χ0n) is 18.0. The summed E-state index contributed by atoms with van der Waals surface area (Å²) in [6.45, 7) is 5.02. The van der Waals surface area contributed by atoms with E-state index in [0.29, 0.717) is 30.6 Å². The largest absolute Gasteiger partial charge is 0.507 e.